The summed E-state index contributed by atoms with van der Waals surface area (Å²) >= 11 is 1.23. The maximum absolute atomic E-state index is 13.6. The van der Waals surface area contributed by atoms with Gasteiger partial charge < -0.3 is 36.0 Å². The lowest BCUT2D eigenvalue weighted by Gasteiger charge is -2.45. The van der Waals surface area contributed by atoms with Crippen molar-refractivity contribution in [3.63, 3.8) is 0 Å². The molecule has 0 aromatic heterocycles. The molecule has 2 saturated heterocycles. The molecule has 2 aliphatic rings. The van der Waals surface area contributed by atoms with Gasteiger partial charge in [0, 0.05) is 6.54 Å². The van der Waals surface area contributed by atoms with Gasteiger partial charge in [-0.3, -0.25) is 9.59 Å². The van der Waals surface area contributed by atoms with E-state index in [1.54, 1.807) is 11.2 Å². The van der Waals surface area contributed by atoms with Gasteiger partial charge in [0.2, 0.25) is 11.8 Å². The Morgan fingerprint density at radius 2 is 1.76 bits per heavy atom. The Morgan fingerprint density at radius 3 is 2.29 bits per heavy atom. The number of carbonyl (C=O) groups excluding carboxylic acids is 2. The summed E-state index contributed by atoms with van der Waals surface area (Å²) in [6.45, 7) is 10.2. The Labute approximate surface area is 208 Å². The molecule has 2 fully saturated rings. The van der Waals surface area contributed by atoms with Crippen molar-refractivity contribution in [3.05, 3.63) is 0 Å². The van der Waals surface area contributed by atoms with Crippen LogP contribution in [-0.2, 0) is 14.3 Å². The molecule has 0 saturated carbocycles. The van der Waals surface area contributed by atoms with Crippen LogP contribution in [0.4, 0.5) is 0 Å². The Bertz CT molecular complexity index is 679. The summed E-state index contributed by atoms with van der Waals surface area (Å²) in [6, 6.07) is -1.96. The number of rotatable bonds is 9. The second-order valence-corrected chi connectivity index (χ2v) is 11.4. The van der Waals surface area contributed by atoms with Gasteiger partial charge in [-0.2, -0.15) is 0 Å². The van der Waals surface area contributed by atoms with Crippen LogP contribution in [0, 0.1) is 17.8 Å². The molecule has 0 aliphatic carbocycles. The van der Waals surface area contributed by atoms with Crippen LogP contribution in [0.1, 0.15) is 60.3 Å². The Balaban J connectivity index is 2.27. The minimum absolute atomic E-state index is 0.0461. The van der Waals surface area contributed by atoms with Gasteiger partial charge in [-0.15, -0.1) is 11.8 Å². The number of nitrogens with one attached hydrogen (secondary N) is 1. The molecule has 2 heterocycles. The maximum atomic E-state index is 13.6. The van der Waals surface area contributed by atoms with E-state index in [1.165, 1.54) is 11.8 Å². The second-order valence-electron chi connectivity index (χ2n) is 10.5. The molecule has 0 aromatic rings. The van der Waals surface area contributed by atoms with Crippen molar-refractivity contribution in [2.45, 2.75) is 108 Å². The first-order valence-electron chi connectivity index (χ1n) is 12.5. The van der Waals surface area contributed by atoms with E-state index in [4.69, 9.17) is 10.5 Å². The molecule has 9 nitrogen and oxygen atoms in total. The molecule has 198 valence electrons. The summed E-state index contributed by atoms with van der Waals surface area (Å²) in [5.74, 6) is -0.366. The van der Waals surface area contributed by atoms with Gasteiger partial charge in [0.25, 0.3) is 0 Å². The number of nitrogens with zero attached hydrogens (tertiary/aromatic N) is 1. The van der Waals surface area contributed by atoms with Gasteiger partial charge in [0.1, 0.15) is 35.9 Å². The van der Waals surface area contributed by atoms with Gasteiger partial charge in [-0.1, -0.05) is 47.5 Å². The van der Waals surface area contributed by atoms with Crippen molar-refractivity contribution in [2.24, 2.45) is 23.5 Å². The number of aliphatic hydroxyl groups is 3. The summed E-state index contributed by atoms with van der Waals surface area (Å²) in [5.41, 5.74) is 5.43. The summed E-state index contributed by atoms with van der Waals surface area (Å²) in [5, 5.41) is 34.3. The average molecular weight is 504 g/mol. The fourth-order valence-electron chi connectivity index (χ4n) is 4.95. The first-order chi connectivity index (χ1) is 15.9. The van der Waals surface area contributed by atoms with Crippen LogP contribution in [0.2, 0.25) is 0 Å². The highest BCUT2D eigenvalue weighted by Gasteiger charge is 2.48. The molecule has 10 heteroatoms. The molecule has 9 atom stereocenters. The van der Waals surface area contributed by atoms with Crippen molar-refractivity contribution in [1.82, 2.24) is 10.2 Å². The topological polar surface area (TPSA) is 145 Å². The van der Waals surface area contributed by atoms with E-state index in [-0.39, 0.29) is 23.7 Å². The van der Waals surface area contributed by atoms with Crippen LogP contribution in [0.25, 0.3) is 0 Å². The van der Waals surface area contributed by atoms with E-state index in [2.05, 4.69) is 12.2 Å². The number of aliphatic hydroxyl groups excluding tert-OH is 3. The number of hydrogen-bond donors (Lipinski definition) is 5. The van der Waals surface area contributed by atoms with E-state index >= 15 is 0 Å². The van der Waals surface area contributed by atoms with Crippen LogP contribution >= 0.6 is 11.8 Å². The third-order valence-corrected chi connectivity index (χ3v) is 8.07. The van der Waals surface area contributed by atoms with E-state index in [0.29, 0.717) is 18.9 Å². The zero-order chi connectivity index (χ0) is 25.7. The molecule has 0 unspecified atom stereocenters. The van der Waals surface area contributed by atoms with Crippen molar-refractivity contribution in [2.75, 3.05) is 12.8 Å². The van der Waals surface area contributed by atoms with Crippen LogP contribution in [0.15, 0.2) is 0 Å². The molecule has 2 rings (SSSR count). The van der Waals surface area contributed by atoms with E-state index in [9.17, 15) is 24.9 Å². The van der Waals surface area contributed by atoms with Gasteiger partial charge in [0.05, 0.1) is 12.1 Å². The third-order valence-electron chi connectivity index (χ3n) is 7.22. The van der Waals surface area contributed by atoms with Gasteiger partial charge in [-0.25, -0.2) is 0 Å². The molecule has 0 bridgehead atoms. The molecular formula is C24H45N3O6S. The Hall–Kier alpha value is -0.910. The monoisotopic (exact) mass is 503 g/mol. The lowest BCUT2D eigenvalue weighted by atomic mass is 9.85. The van der Waals surface area contributed by atoms with Crippen molar-refractivity contribution in [3.8, 4) is 0 Å². The largest absolute Gasteiger partial charge is 0.388 e. The average Bonchev–Trinajstić information content (AvgIpc) is 2.80. The second kappa shape index (κ2) is 12.9. The summed E-state index contributed by atoms with van der Waals surface area (Å²) in [7, 11) is 0. The lowest BCUT2D eigenvalue weighted by Crippen LogP contribution is -2.65. The SMILES string of the molecule is CCC[C@@H]1CCN(C(=O)[C@@H](N)C(C)C)[C@H](C(=O)N[C@H](C(C)C)[C@H]2O[C@H](SC)[C@H](O)[C@@H](O)[C@H]2O)C1. The molecule has 0 aromatic carbocycles. The normalized spacial score (nSPS) is 34.2. The number of likely N-dealkylation sites (tertiary alicyclic amines) is 1. The van der Waals surface area contributed by atoms with Gasteiger partial charge in [-0.05, 0) is 36.9 Å². The summed E-state index contributed by atoms with van der Waals surface area (Å²) < 4.78 is 5.93. The molecule has 6 N–H and O–H groups in total. The quantitative estimate of drug-likeness (QED) is 0.309. The first kappa shape index (κ1) is 29.3. The molecule has 0 spiro atoms. The molecule has 34 heavy (non-hydrogen) atoms. The minimum Gasteiger partial charge on any atom is -0.388 e. The summed E-state index contributed by atoms with van der Waals surface area (Å²) in [6.07, 6.45) is 0.244. The fourth-order valence-corrected chi connectivity index (χ4v) is 5.63. The lowest BCUT2D eigenvalue weighted by molar-refractivity contribution is -0.208. The Kier molecular flexibility index (Phi) is 11.1. The third kappa shape index (κ3) is 6.64. The standard InChI is InChI=1S/C24H45N3O6S/c1-7-8-14-9-10-27(23(32)16(25)12(2)3)15(11-14)22(31)26-17(13(4)5)21-19(29)18(28)20(30)24(33-21)34-6/h12-21,24,28-30H,7-11,25H2,1-6H3,(H,26,31)/t14-,15+,16+,17-,18+,19-,20-,21-,24-/m1/s1. The maximum Gasteiger partial charge on any atom is 0.243 e. The predicted octanol–water partition coefficient (Wildman–Crippen LogP) is 0.688. The zero-order valence-corrected chi connectivity index (χ0v) is 22.2. The van der Waals surface area contributed by atoms with Gasteiger partial charge in [0.15, 0.2) is 0 Å². The summed E-state index contributed by atoms with van der Waals surface area (Å²) in [4.78, 5) is 28.4. The zero-order valence-electron chi connectivity index (χ0n) is 21.4. The van der Waals surface area contributed by atoms with Crippen LogP contribution in [0.3, 0.4) is 0 Å². The number of ether oxygens (including phenoxy) is 1. The van der Waals surface area contributed by atoms with Crippen LogP contribution < -0.4 is 11.1 Å². The highest BCUT2D eigenvalue weighted by atomic mass is 32.2. The van der Waals surface area contributed by atoms with Crippen molar-refractivity contribution in [1.29, 1.82) is 0 Å². The first-order valence-corrected chi connectivity index (χ1v) is 13.8. The van der Waals surface area contributed by atoms with Gasteiger partial charge >= 0.3 is 0 Å². The van der Waals surface area contributed by atoms with E-state index in [0.717, 1.165) is 19.3 Å². The van der Waals surface area contributed by atoms with Crippen molar-refractivity contribution < 1.29 is 29.6 Å². The molecule has 2 amide bonds. The van der Waals surface area contributed by atoms with E-state index < -0.39 is 48.0 Å². The number of carbonyl (C=O) groups is 2. The van der Waals surface area contributed by atoms with Crippen LogP contribution in [0.5, 0.6) is 0 Å². The van der Waals surface area contributed by atoms with E-state index in [1.807, 2.05) is 27.7 Å². The highest BCUT2D eigenvalue weighted by molar-refractivity contribution is 7.99. The highest BCUT2D eigenvalue weighted by Crippen LogP contribution is 2.32. The number of hydrogen-bond acceptors (Lipinski definition) is 8. The number of piperidine rings is 1. The molecular weight excluding hydrogens is 458 g/mol. The predicted molar refractivity (Wildman–Crippen MR) is 133 cm³/mol. The smallest absolute Gasteiger partial charge is 0.243 e. The Morgan fingerprint density at radius 1 is 1.12 bits per heavy atom. The van der Waals surface area contributed by atoms with Crippen molar-refractivity contribution >= 4 is 23.6 Å². The minimum atomic E-state index is -1.39. The number of nitrogens with two attached hydrogens (primary N) is 1. The number of amides is 2. The molecule has 2 aliphatic heterocycles. The number of thioether (sulfide) groups is 1. The van der Waals surface area contributed by atoms with Crippen LogP contribution in [-0.4, -0.2) is 92.8 Å². The fraction of sp³-hybridized carbons (Fsp3) is 0.917. The molecule has 0 radical (unpaired) electrons.